The molecule has 0 radical (unpaired) electrons. The van der Waals surface area contributed by atoms with Crippen molar-refractivity contribution in [2.75, 3.05) is 6.54 Å². The Balaban J connectivity index is 1.79. The SMILES string of the molecule is CC1=C(c2ccc(F)cc2)Cc2c(C(N)=O)cc(F)c(-c3cccc4c3CCNC4)c21. The first-order valence-electron chi connectivity index (χ1n) is 10.4. The Labute approximate surface area is 179 Å². The number of amides is 1. The van der Waals surface area contributed by atoms with E-state index in [4.69, 9.17) is 5.73 Å². The minimum atomic E-state index is -0.644. The summed E-state index contributed by atoms with van der Waals surface area (Å²) in [4.78, 5) is 12.2. The monoisotopic (exact) mass is 416 g/mol. The first-order valence-corrected chi connectivity index (χ1v) is 10.4. The standard InChI is InChI=1S/C26H22F2N2O/c1-14-20(15-5-7-17(27)8-6-15)11-21-22(26(29)31)12-23(28)25(24(14)21)19-4-2-3-16-13-30-10-9-18(16)19/h2-8,12,30H,9-11,13H2,1H3,(H2,29,31). The maximum Gasteiger partial charge on any atom is 0.249 e. The molecule has 0 bridgehead atoms. The first-order chi connectivity index (χ1) is 15.0. The van der Waals surface area contributed by atoms with Crippen LogP contribution in [0.5, 0.6) is 0 Å². The number of nitrogens with one attached hydrogen (secondary N) is 1. The Hall–Kier alpha value is -3.31. The summed E-state index contributed by atoms with van der Waals surface area (Å²) in [5.41, 5.74) is 13.7. The minimum Gasteiger partial charge on any atom is -0.366 e. The van der Waals surface area contributed by atoms with Gasteiger partial charge in [-0.3, -0.25) is 4.79 Å². The smallest absolute Gasteiger partial charge is 0.249 e. The van der Waals surface area contributed by atoms with E-state index in [0.29, 0.717) is 12.0 Å². The molecule has 0 saturated heterocycles. The van der Waals surface area contributed by atoms with Crippen molar-refractivity contribution in [3.63, 3.8) is 0 Å². The van der Waals surface area contributed by atoms with Gasteiger partial charge in [-0.1, -0.05) is 30.3 Å². The average Bonchev–Trinajstić information content (AvgIpc) is 3.10. The van der Waals surface area contributed by atoms with E-state index in [0.717, 1.165) is 64.0 Å². The molecule has 3 aromatic rings. The number of primary amides is 1. The summed E-state index contributed by atoms with van der Waals surface area (Å²) in [7, 11) is 0. The van der Waals surface area contributed by atoms with Gasteiger partial charge in [0, 0.05) is 17.7 Å². The number of halogens is 2. The van der Waals surface area contributed by atoms with Crippen molar-refractivity contribution in [2.45, 2.75) is 26.3 Å². The third-order valence-electron chi connectivity index (χ3n) is 6.44. The molecule has 0 spiro atoms. The van der Waals surface area contributed by atoms with Gasteiger partial charge < -0.3 is 11.1 Å². The van der Waals surface area contributed by atoms with Crippen molar-refractivity contribution in [3.05, 3.63) is 93.5 Å². The van der Waals surface area contributed by atoms with Crippen LogP contribution >= 0.6 is 0 Å². The number of hydrogen-bond acceptors (Lipinski definition) is 2. The molecular formula is C26H22F2N2O. The number of benzene rings is 3. The maximum atomic E-state index is 15.6. The fraction of sp³-hybridized carbons (Fsp3) is 0.192. The molecule has 1 aliphatic heterocycles. The molecule has 5 rings (SSSR count). The Kier molecular flexibility index (Phi) is 4.71. The van der Waals surface area contributed by atoms with Crippen molar-refractivity contribution in [1.82, 2.24) is 5.32 Å². The summed E-state index contributed by atoms with van der Waals surface area (Å²) >= 11 is 0. The predicted molar refractivity (Wildman–Crippen MR) is 118 cm³/mol. The van der Waals surface area contributed by atoms with E-state index in [1.807, 2.05) is 19.1 Å². The highest BCUT2D eigenvalue weighted by Gasteiger charge is 2.31. The molecule has 0 unspecified atom stereocenters. The van der Waals surface area contributed by atoms with Crippen molar-refractivity contribution in [3.8, 4) is 11.1 Å². The van der Waals surface area contributed by atoms with Crippen LogP contribution in [0.15, 0.2) is 48.5 Å². The second-order valence-corrected chi connectivity index (χ2v) is 8.16. The number of hydrogen-bond donors (Lipinski definition) is 2. The first kappa shape index (κ1) is 19.6. The lowest BCUT2D eigenvalue weighted by Crippen LogP contribution is -2.24. The zero-order chi connectivity index (χ0) is 21.7. The van der Waals surface area contributed by atoms with Gasteiger partial charge in [0.15, 0.2) is 0 Å². The van der Waals surface area contributed by atoms with E-state index in [1.54, 1.807) is 12.1 Å². The zero-order valence-corrected chi connectivity index (χ0v) is 17.2. The van der Waals surface area contributed by atoms with Crippen LogP contribution in [0.2, 0.25) is 0 Å². The molecule has 0 fully saturated rings. The summed E-state index contributed by atoms with van der Waals surface area (Å²) in [5, 5.41) is 3.36. The molecule has 0 saturated carbocycles. The molecule has 0 aromatic heterocycles. The number of fused-ring (bicyclic) bond motifs is 2. The van der Waals surface area contributed by atoms with Gasteiger partial charge in [-0.25, -0.2) is 8.78 Å². The third-order valence-corrected chi connectivity index (χ3v) is 6.44. The molecule has 2 aliphatic rings. The Morgan fingerprint density at radius 2 is 1.81 bits per heavy atom. The molecular weight excluding hydrogens is 394 g/mol. The molecule has 31 heavy (non-hydrogen) atoms. The van der Waals surface area contributed by atoms with Crippen molar-refractivity contribution < 1.29 is 13.6 Å². The Bertz CT molecular complexity index is 1260. The van der Waals surface area contributed by atoms with E-state index in [-0.39, 0.29) is 11.4 Å². The van der Waals surface area contributed by atoms with Gasteiger partial charge in [-0.15, -0.1) is 0 Å². The van der Waals surface area contributed by atoms with Crippen LogP contribution in [-0.4, -0.2) is 12.5 Å². The van der Waals surface area contributed by atoms with Crippen LogP contribution in [0, 0.1) is 11.6 Å². The Morgan fingerprint density at radius 3 is 2.55 bits per heavy atom. The van der Waals surface area contributed by atoms with E-state index in [9.17, 15) is 9.18 Å². The second kappa shape index (κ2) is 7.43. The topological polar surface area (TPSA) is 55.1 Å². The molecule has 3 N–H and O–H groups in total. The van der Waals surface area contributed by atoms with Crippen LogP contribution in [0.3, 0.4) is 0 Å². The number of carbonyl (C=O) groups is 1. The van der Waals surface area contributed by atoms with E-state index in [2.05, 4.69) is 11.4 Å². The molecule has 1 amide bonds. The molecule has 3 nitrogen and oxygen atoms in total. The zero-order valence-electron chi connectivity index (χ0n) is 17.2. The highest BCUT2D eigenvalue weighted by molar-refractivity contribution is 6.06. The highest BCUT2D eigenvalue weighted by atomic mass is 19.1. The molecule has 156 valence electrons. The average molecular weight is 416 g/mol. The molecule has 1 heterocycles. The van der Waals surface area contributed by atoms with Crippen LogP contribution in [0.1, 0.15) is 45.1 Å². The summed E-state index contributed by atoms with van der Waals surface area (Å²) in [5.74, 6) is -1.40. The van der Waals surface area contributed by atoms with Crippen molar-refractivity contribution in [1.29, 1.82) is 0 Å². The lowest BCUT2D eigenvalue weighted by atomic mass is 9.85. The van der Waals surface area contributed by atoms with Gasteiger partial charge in [-0.05, 0) is 89.0 Å². The normalized spacial score (nSPS) is 15.1. The maximum absolute atomic E-state index is 15.6. The van der Waals surface area contributed by atoms with Gasteiger partial charge in [-0.2, -0.15) is 0 Å². The third kappa shape index (κ3) is 3.17. The summed E-state index contributed by atoms with van der Waals surface area (Å²) < 4.78 is 29.1. The Morgan fingerprint density at radius 1 is 1.03 bits per heavy atom. The largest absolute Gasteiger partial charge is 0.366 e. The van der Waals surface area contributed by atoms with Gasteiger partial charge in [0.05, 0.1) is 0 Å². The molecule has 1 aliphatic carbocycles. The lowest BCUT2D eigenvalue weighted by Gasteiger charge is -2.23. The number of nitrogens with two attached hydrogens (primary N) is 1. The van der Waals surface area contributed by atoms with Gasteiger partial charge in [0.2, 0.25) is 5.91 Å². The van der Waals surface area contributed by atoms with Gasteiger partial charge >= 0.3 is 0 Å². The predicted octanol–water partition coefficient (Wildman–Crippen LogP) is 4.86. The van der Waals surface area contributed by atoms with Gasteiger partial charge in [0.1, 0.15) is 11.6 Å². The summed E-state index contributed by atoms with van der Waals surface area (Å²) in [6.45, 7) is 3.53. The van der Waals surface area contributed by atoms with Crippen molar-refractivity contribution >= 4 is 17.1 Å². The van der Waals surface area contributed by atoms with E-state index < -0.39 is 11.7 Å². The molecule has 3 aromatic carbocycles. The summed E-state index contributed by atoms with van der Waals surface area (Å²) in [6.07, 6.45) is 1.26. The van der Waals surface area contributed by atoms with Crippen molar-refractivity contribution in [2.24, 2.45) is 5.73 Å². The van der Waals surface area contributed by atoms with Crippen LogP contribution in [0.25, 0.3) is 22.3 Å². The van der Waals surface area contributed by atoms with Crippen LogP contribution in [-0.2, 0) is 19.4 Å². The fourth-order valence-electron chi connectivity index (χ4n) is 4.97. The summed E-state index contributed by atoms with van der Waals surface area (Å²) in [6, 6.07) is 13.5. The van der Waals surface area contributed by atoms with Crippen LogP contribution in [0.4, 0.5) is 8.78 Å². The second-order valence-electron chi connectivity index (χ2n) is 8.16. The molecule has 5 heteroatoms. The van der Waals surface area contributed by atoms with Gasteiger partial charge in [0.25, 0.3) is 0 Å². The number of carbonyl (C=O) groups excluding carboxylic acids is 1. The van der Waals surface area contributed by atoms with E-state index >= 15 is 4.39 Å². The quantitative estimate of drug-likeness (QED) is 0.641. The minimum absolute atomic E-state index is 0.208. The number of allylic oxidation sites excluding steroid dienone is 2. The number of rotatable bonds is 3. The highest BCUT2D eigenvalue weighted by Crippen LogP contribution is 2.46. The lowest BCUT2D eigenvalue weighted by molar-refractivity contribution is 0.0999. The van der Waals surface area contributed by atoms with E-state index in [1.165, 1.54) is 18.2 Å². The molecule has 0 atom stereocenters. The fourth-order valence-corrected chi connectivity index (χ4v) is 4.97. The van der Waals surface area contributed by atoms with Crippen LogP contribution < -0.4 is 11.1 Å².